The second-order valence-corrected chi connectivity index (χ2v) is 6.62. The maximum atomic E-state index is 12.0. The van der Waals surface area contributed by atoms with E-state index < -0.39 is 10.0 Å². The van der Waals surface area contributed by atoms with Crippen LogP contribution in [0.25, 0.3) is 0 Å². The molecule has 118 valence electrons. The van der Waals surface area contributed by atoms with Crippen molar-refractivity contribution in [3.63, 3.8) is 0 Å². The van der Waals surface area contributed by atoms with E-state index in [1.54, 1.807) is 31.3 Å². The maximum Gasteiger partial charge on any atom is 0.240 e. The molecule has 0 heterocycles. The summed E-state index contributed by atoms with van der Waals surface area (Å²) in [4.78, 5) is 13.2. The number of nitrogens with zero attached hydrogens (tertiary/aromatic N) is 1. The number of aliphatic hydroxyl groups excluding tert-OH is 1. The molecule has 0 fully saturated rings. The summed E-state index contributed by atoms with van der Waals surface area (Å²) in [5, 5.41) is 8.72. The zero-order valence-electron chi connectivity index (χ0n) is 12.4. The highest BCUT2D eigenvalue weighted by Crippen LogP contribution is 2.09. The van der Waals surface area contributed by atoms with Gasteiger partial charge >= 0.3 is 0 Å². The molecule has 0 aliphatic carbocycles. The van der Waals surface area contributed by atoms with E-state index in [1.807, 2.05) is 6.92 Å². The van der Waals surface area contributed by atoms with Crippen LogP contribution in [0.1, 0.15) is 18.4 Å². The van der Waals surface area contributed by atoms with Crippen LogP contribution in [-0.2, 0) is 14.8 Å². The standard InChI is InChI=1S/C14H22N2O4S/c1-12-5-7-13(8-6-12)21(19,20)15-9-3-4-14(18)16(2)10-11-17/h5-8,15,17H,3-4,9-11H2,1-2H3. The molecule has 1 amide bonds. The fourth-order valence-electron chi connectivity index (χ4n) is 1.71. The van der Waals surface area contributed by atoms with Crippen LogP contribution in [0.4, 0.5) is 0 Å². The molecule has 0 aliphatic heterocycles. The summed E-state index contributed by atoms with van der Waals surface area (Å²) < 4.78 is 26.4. The molecule has 0 atom stereocenters. The molecule has 1 aromatic carbocycles. The normalized spacial score (nSPS) is 11.4. The number of rotatable bonds is 8. The van der Waals surface area contributed by atoms with Crippen LogP contribution in [-0.4, -0.2) is 51.1 Å². The van der Waals surface area contributed by atoms with E-state index in [1.165, 1.54) is 4.90 Å². The van der Waals surface area contributed by atoms with Gasteiger partial charge in [-0.05, 0) is 25.5 Å². The molecular weight excluding hydrogens is 292 g/mol. The quantitative estimate of drug-likeness (QED) is 0.684. The Kier molecular flexibility index (Phi) is 6.80. The highest BCUT2D eigenvalue weighted by Gasteiger charge is 2.13. The molecule has 1 aromatic rings. The largest absolute Gasteiger partial charge is 0.395 e. The molecule has 0 radical (unpaired) electrons. The molecule has 21 heavy (non-hydrogen) atoms. The fourth-order valence-corrected chi connectivity index (χ4v) is 2.79. The Labute approximate surface area is 125 Å². The summed E-state index contributed by atoms with van der Waals surface area (Å²) in [6, 6.07) is 6.58. The highest BCUT2D eigenvalue weighted by molar-refractivity contribution is 7.89. The van der Waals surface area contributed by atoms with E-state index in [9.17, 15) is 13.2 Å². The number of aliphatic hydroxyl groups is 1. The summed E-state index contributed by atoms with van der Waals surface area (Å²) in [6.07, 6.45) is 0.659. The third kappa shape index (κ3) is 5.82. The maximum absolute atomic E-state index is 12.0. The summed E-state index contributed by atoms with van der Waals surface area (Å²) in [5.74, 6) is -0.112. The van der Waals surface area contributed by atoms with Gasteiger partial charge in [-0.25, -0.2) is 13.1 Å². The van der Waals surface area contributed by atoms with Crippen molar-refractivity contribution in [1.29, 1.82) is 0 Å². The Balaban J connectivity index is 2.41. The molecule has 0 spiro atoms. The van der Waals surface area contributed by atoms with Crippen molar-refractivity contribution in [2.75, 3.05) is 26.7 Å². The molecule has 0 bridgehead atoms. The molecule has 0 saturated carbocycles. The van der Waals surface area contributed by atoms with Gasteiger partial charge in [0.2, 0.25) is 15.9 Å². The Bertz CT molecular complexity index is 555. The van der Waals surface area contributed by atoms with Crippen LogP contribution in [0.3, 0.4) is 0 Å². The molecule has 1 rings (SSSR count). The van der Waals surface area contributed by atoms with Gasteiger partial charge in [0.1, 0.15) is 0 Å². The molecule has 0 aliphatic rings. The summed E-state index contributed by atoms with van der Waals surface area (Å²) in [6.45, 7) is 2.30. The molecular formula is C14H22N2O4S. The van der Waals surface area contributed by atoms with E-state index in [0.717, 1.165) is 5.56 Å². The number of likely N-dealkylation sites (N-methyl/N-ethyl adjacent to an activating group) is 1. The number of sulfonamides is 1. The van der Waals surface area contributed by atoms with Crippen molar-refractivity contribution in [3.05, 3.63) is 29.8 Å². The number of nitrogens with one attached hydrogen (secondary N) is 1. The first-order valence-corrected chi connectivity index (χ1v) is 8.26. The van der Waals surface area contributed by atoms with Gasteiger partial charge in [-0.1, -0.05) is 17.7 Å². The molecule has 0 saturated heterocycles. The first-order valence-electron chi connectivity index (χ1n) is 6.78. The molecule has 2 N–H and O–H groups in total. The first-order chi connectivity index (χ1) is 9.86. The van der Waals surface area contributed by atoms with Gasteiger partial charge in [0.15, 0.2) is 0 Å². The average molecular weight is 314 g/mol. The molecule has 7 heteroatoms. The van der Waals surface area contributed by atoms with Crippen LogP contribution >= 0.6 is 0 Å². The number of hydrogen-bond donors (Lipinski definition) is 2. The number of carbonyl (C=O) groups is 1. The van der Waals surface area contributed by atoms with Crippen LogP contribution < -0.4 is 4.72 Å². The van der Waals surface area contributed by atoms with Gasteiger partial charge in [-0.2, -0.15) is 0 Å². The predicted molar refractivity (Wildman–Crippen MR) is 80.3 cm³/mol. The minimum Gasteiger partial charge on any atom is -0.395 e. The minimum absolute atomic E-state index is 0.0811. The fraction of sp³-hybridized carbons (Fsp3) is 0.500. The van der Waals surface area contributed by atoms with E-state index in [-0.39, 0.29) is 36.9 Å². The van der Waals surface area contributed by atoms with Crippen molar-refractivity contribution in [1.82, 2.24) is 9.62 Å². The second kappa shape index (κ2) is 8.11. The Hall–Kier alpha value is -1.44. The van der Waals surface area contributed by atoms with Crippen molar-refractivity contribution in [2.45, 2.75) is 24.7 Å². The van der Waals surface area contributed by atoms with Gasteiger partial charge in [-0.3, -0.25) is 4.79 Å². The topological polar surface area (TPSA) is 86.7 Å². The monoisotopic (exact) mass is 314 g/mol. The van der Waals surface area contributed by atoms with Crippen LogP contribution in [0, 0.1) is 6.92 Å². The third-order valence-corrected chi connectivity index (χ3v) is 4.53. The lowest BCUT2D eigenvalue weighted by molar-refractivity contribution is -0.130. The van der Waals surface area contributed by atoms with E-state index in [4.69, 9.17) is 5.11 Å². The van der Waals surface area contributed by atoms with Crippen LogP contribution in [0.2, 0.25) is 0 Å². The minimum atomic E-state index is -3.52. The second-order valence-electron chi connectivity index (χ2n) is 4.85. The lowest BCUT2D eigenvalue weighted by atomic mass is 10.2. The predicted octanol–water partition coefficient (Wildman–Crippen LogP) is 0.504. The van der Waals surface area contributed by atoms with Crippen molar-refractivity contribution >= 4 is 15.9 Å². The first kappa shape index (κ1) is 17.6. The Morgan fingerprint density at radius 2 is 1.90 bits per heavy atom. The lowest BCUT2D eigenvalue weighted by Crippen LogP contribution is -2.30. The van der Waals surface area contributed by atoms with Gasteiger partial charge in [0.05, 0.1) is 11.5 Å². The number of carbonyl (C=O) groups excluding carboxylic acids is 1. The summed E-state index contributed by atoms with van der Waals surface area (Å²) in [5.41, 5.74) is 0.992. The SMILES string of the molecule is Cc1ccc(S(=O)(=O)NCCCC(=O)N(C)CCO)cc1. The molecule has 0 unspecified atom stereocenters. The highest BCUT2D eigenvalue weighted by atomic mass is 32.2. The van der Waals surface area contributed by atoms with Crippen molar-refractivity contribution in [3.8, 4) is 0 Å². The van der Waals surface area contributed by atoms with Gasteiger partial charge in [-0.15, -0.1) is 0 Å². The number of aryl methyl sites for hydroxylation is 1. The van der Waals surface area contributed by atoms with Gasteiger partial charge in [0, 0.05) is 26.6 Å². The number of benzene rings is 1. The zero-order valence-corrected chi connectivity index (χ0v) is 13.2. The van der Waals surface area contributed by atoms with Crippen LogP contribution in [0.5, 0.6) is 0 Å². The van der Waals surface area contributed by atoms with E-state index in [2.05, 4.69) is 4.72 Å². The van der Waals surface area contributed by atoms with E-state index in [0.29, 0.717) is 6.42 Å². The summed E-state index contributed by atoms with van der Waals surface area (Å²) >= 11 is 0. The Morgan fingerprint density at radius 3 is 2.48 bits per heavy atom. The number of amides is 1. The van der Waals surface area contributed by atoms with Crippen LogP contribution in [0.15, 0.2) is 29.2 Å². The molecule has 6 nitrogen and oxygen atoms in total. The van der Waals surface area contributed by atoms with E-state index >= 15 is 0 Å². The third-order valence-electron chi connectivity index (χ3n) is 3.05. The zero-order chi connectivity index (χ0) is 15.9. The van der Waals surface area contributed by atoms with Gasteiger partial charge in [0.25, 0.3) is 0 Å². The number of hydrogen-bond acceptors (Lipinski definition) is 4. The Morgan fingerprint density at radius 1 is 1.29 bits per heavy atom. The summed E-state index contributed by atoms with van der Waals surface area (Å²) in [7, 11) is -1.91. The van der Waals surface area contributed by atoms with Crippen molar-refractivity contribution in [2.24, 2.45) is 0 Å². The van der Waals surface area contributed by atoms with Crippen molar-refractivity contribution < 1.29 is 18.3 Å². The average Bonchev–Trinajstić information content (AvgIpc) is 2.44. The molecule has 0 aromatic heterocycles. The van der Waals surface area contributed by atoms with Gasteiger partial charge < -0.3 is 10.0 Å². The smallest absolute Gasteiger partial charge is 0.240 e. The lowest BCUT2D eigenvalue weighted by Gasteiger charge is -2.15.